The maximum absolute atomic E-state index is 12.7. The van der Waals surface area contributed by atoms with Gasteiger partial charge >= 0.3 is 6.03 Å². The van der Waals surface area contributed by atoms with Crippen LogP contribution in [0, 0.1) is 0 Å². The average Bonchev–Trinajstić information content (AvgIpc) is 2.76. The number of amides is 2. The van der Waals surface area contributed by atoms with Crippen molar-refractivity contribution in [2.75, 3.05) is 27.9 Å². The normalized spacial score (nSPS) is 17.0. The SMILES string of the molecule is COc1ccc(CN2CCc3cc(OC)c(OC)cc3[C@@H]2[C@H](C)NC(=O)NC(C)(C)C)cc1. The van der Waals surface area contributed by atoms with Crippen LogP contribution in [0.5, 0.6) is 17.2 Å². The van der Waals surface area contributed by atoms with Gasteiger partial charge in [0.25, 0.3) is 0 Å². The van der Waals surface area contributed by atoms with E-state index in [-0.39, 0.29) is 23.7 Å². The van der Waals surface area contributed by atoms with E-state index >= 15 is 0 Å². The van der Waals surface area contributed by atoms with Crippen molar-refractivity contribution in [1.29, 1.82) is 0 Å². The molecule has 180 valence electrons. The Hall–Kier alpha value is -2.93. The number of ether oxygens (including phenoxy) is 3. The fourth-order valence-corrected chi connectivity index (χ4v) is 4.42. The minimum atomic E-state index is -0.312. The first-order valence-electron chi connectivity index (χ1n) is 11.4. The number of rotatable bonds is 7. The molecule has 7 heteroatoms. The van der Waals surface area contributed by atoms with E-state index in [1.54, 1.807) is 21.3 Å². The summed E-state index contributed by atoms with van der Waals surface area (Å²) >= 11 is 0. The molecule has 33 heavy (non-hydrogen) atoms. The van der Waals surface area contributed by atoms with Gasteiger partial charge in [-0.2, -0.15) is 0 Å². The molecule has 0 aliphatic carbocycles. The molecule has 0 fully saturated rings. The number of nitrogens with one attached hydrogen (secondary N) is 2. The lowest BCUT2D eigenvalue weighted by molar-refractivity contribution is 0.142. The van der Waals surface area contributed by atoms with Gasteiger partial charge in [0.15, 0.2) is 11.5 Å². The van der Waals surface area contributed by atoms with Crippen LogP contribution < -0.4 is 24.8 Å². The molecule has 0 aromatic heterocycles. The third-order valence-corrected chi connectivity index (χ3v) is 5.89. The lowest BCUT2D eigenvalue weighted by Crippen LogP contribution is -2.53. The maximum atomic E-state index is 12.7. The highest BCUT2D eigenvalue weighted by molar-refractivity contribution is 5.75. The molecule has 2 N–H and O–H groups in total. The first-order chi connectivity index (χ1) is 15.6. The number of hydrogen-bond donors (Lipinski definition) is 2. The van der Waals surface area contributed by atoms with Crippen molar-refractivity contribution in [2.24, 2.45) is 0 Å². The fourth-order valence-electron chi connectivity index (χ4n) is 4.42. The number of hydrogen-bond acceptors (Lipinski definition) is 5. The Labute approximate surface area is 197 Å². The van der Waals surface area contributed by atoms with Crippen LogP contribution >= 0.6 is 0 Å². The number of fused-ring (bicyclic) bond motifs is 1. The Morgan fingerprint density at radius 1 is 1.06 bits per heavy atom. The van der Waals surface area contributed by atoms with E-state index in [0.717, 1.165) is 36.6 Å². The van der Waals surface area contributed by atoms with Gasteiger partial charge in [-0.1, -0.05) is 12.1 Å². The minimum Gasteiger partial charge on any atom is -0.497 e. The molecule has 0 saturated heterocycles. The van der Waals surface area contributed by atoms with Crippen molar-refractivity contribution in [1.82, 2.24) is 15.5 Å². The molecular weight excluding hydrogens is 418 g/mol. The van der Waals surface area contributed by atoms with Crippen LogP contribution in [-0.2, 0) is 13.0 Å². The topological polar surface area (TPSA) is 72.1 Å². The van der Waals surface area contributed by atoms with Crippen LogP contribution in [0.4, 0.5) is 4.79 Å². The summed E-state index contributed by atoms with van der Waals surface area (Å²) in [6.07, 6.45) is 0.892. The van der Waals surface area contributed by atoms with E-state index in [4.69, 9.17) is 14.2 Å². The molecule has 1 aliphatic rings. The number of carbonyl (C=O) groups is 1. The Morgan fingerprint density at radius 3 is 2.27 bits per heavy atom. The Balaban J connectivity index is 1.94. The summed E-state index contributed by atoms with van der Waals surface area (Å²) < 4.78 is 16.4. The lowest BCUT2D eigenvalue weighted by Gasteiger charge is -2.41. The highest BCUT2D eigenvalue weighted by Crippen LogP contribution is 2.40. The Kier molecular flexibility index (Phi) is 7.74. The first-order valence-corrected chi connectivity index (χ1v) is 11.4. The van der Waals surface area contributed by atoms with Crippen LogP contribution in [-0.4, -0.2) is 50.4 Å². The molecule has 0 spiro atoms. The number of nitrogens with zero attached hydrogens (tertiary/aromatic N) is 1. The number of methoxy groups -OCH3 is 3. The number of carbonyl (C=O) groups excluding carboxylic acids is 1. The molecule has 3 rings (SSSR count). The Morgan fingerprint density at radius 2 is 1.70 bits per heavy atom. The van der Waals surface area contributed by atoms with Crippen molar-refractivity contribution in [3.05, 3.63) is 53.1 Å². The van der Waals surface area contributed by atoms with E-state index in [9.17, 15) is 4.79 Å². The zero-order chi connectivity index (χ0) is 24.2. The van der Waals surface area contributed by atoms with Gasteiger partial charge in [0.1, 0.15) is 5.75 Å². The van der Waals surface area contributed by atoms with Crippen LogP contribution in [0.3, 0.4) is 0 Å². The highest BCUT2D eigenvalue weighted by atomic mass is 16.5. The number of urea groups is 1. The quantitative estimate of drug-likeness (QED) is 0.651. The van der Waals surface area contributed by atoms with Gasteiger partial charge in [-0.3, -0.25) is 4.90 Å². The molecule has 2 aromatic carbocycles. The molecular formula is C26H37N3O4. The molecule has 1 heterocycles. The summed E-state index contributed by atoms with van der Waals surface area (Å²) in [5.74, 6) is 2.26. The van der Waals surface area contributed by atoms with Gasteiger partial charge in [-0.25, -0.2) is 4.79 Å². The van der Waals surface area contributed by atoms with E-state index in [0.29, 0.717) is 5.75 Å². The predicted octanol–water partition coefficient (Wildman–Crippen LogP) is 4.30. The molecule has 0 unspecified atom stereocenters. The zero-order valence-electron chi connectivity index (χ0n) is 20.8. The van der Waals surface area contributed by atoms with Gasteiger partial charge in [0.2, 0.25) is 0 Å². The van der Waals surface area contributed by atoms with Crippen molar-refractivity contribution < 1.29 is 19.0 Å². The monoisotopic (exact) mass is 455 g/mol. The van der Waals surface area contributed by atoms with Gasteiger partial charge in [-0.05, 0) is 75.1 Å². The molecule has 1 aliphatic heterocycles. The van der Waals surface area contributed by atoms with Crippen molar-refractivity contribution in [3.8, 4) is 17.2 Å². The van der Waals surface area contributed by atoms with Gasteiger partial charge < -0.3 is 24.8 Å². The van der Waals surface area contributed by atoms with Crippen molar-refractivity contribution in [2.45, 2.75) is 58.3 Å². The molecule has 0 saturated carbocycles. The zero-order valence-corrected chi connectivity index (χ0v) is 20.8. The summed E-state index contributed by atoms with van der Waals surface area (Å²) in [4.78, 5) is 15.1. The second-order valence-electron chi connectivity index (χ2n) is 9.56. The van der Waals surface area contributed by atoms with Crippen LogP contribution in [0.1, 0.15) is 50.4 Å². The third kappa shape index (κ3) is 6.11. The summed E-state index contributed by atoms with van der Waals surface area (Å²) in [5, 5.41) is 6.17. The molecule has 2 amide bonds. The number of benzene rings is 2. The highest BCUT2D eigenvalue weighted by Gasteiger charge is 2.34. The molecule has 7 nitrogen and oxygen atoms in total. The summed E-state index contributed by atoms with van der Waals surface area (Å²) in [5.41, 5.74) is 3.24. The van der Waals surface area contributed by atoms with Crippen LogP contribution in [0.25, 0.3) is 0 Å². The van der Waals surface area contributed by atoms with Crippen LogP contribution in [0.15, 0.2) is 36.4 Å². The summed E-state index contributed by atoms with van der Waals surface area (Å²) in [7, 11) is 4.97. The summed E-state index contributed by atoms with van der Waals surface area (Å²) in [6.45, 7) is 9.60. The predicted molar refractivity (Wildman–Crippen MR) is 130 cm³/mol. The molecule has 0 bridgehead atoms. The van der Waals surface area contributed by atoms with E-state index in [1.807, 2.05) is 32.9 Å². The minimum absolute atomic E-state index is 0.0265. The van der Waals surface area contributed by atoms with E-state index < -0.39 is 0 Å². The first kappa shape index (κ1) is 24.7. The smallest absolute Gasteiger partial charge is 0.315 e. The third-order valence-electron chi connectivity index (χ3n) is 5.89. The summed E-state index contributed by atoms with van der Waals surface area (Å²) in [6, 6.07) is 11.9. The maximum Gasteiger partial charge on any atom is 0.315 e. The van der Waals surface area contributed by atoms with Crippen LogP contribution in [0.2, 0.25) is 0 Å². The lowest BCUT2D eigenvalue weighted by atomic mass is 9.87. The Bertz CT molecular complexity index is 953. The standard InChI is InChI=1S/C26H37N3O4/c1-17(27-25(30)28-26(2,3)4)24-21-15-23(33-7)22(32-6)14-19(21)12-13-29(24)16-18-8-10-20(31-5)11-9-18/h8-11,14-15,17,24H,12-13,16H2,1-7H3,(H2,27,28,30)/t17-,24-/m0/s1. The fraction of sp³-hybridized carbons (Fsp3) is 0.500. The second-order valence-corrected chi connectivity index (χ2v) is 9.56. The van der Waals surface area contributed by atoms with Gasteiger partial charge in [0, 0.05) is 24.7 Å². The van der Waals surface area contributed by atoms with Crippen molar-refractivity contribution >= 4 is 6.03 Å². The molecule has 2 atom stereocenters. The average molecular weight is 456 g/mol. The largest absolute Gasteiger partial charge is 0.497 e. The van der Waals surface area contributed by atoms with Crippen molar-refractivity contribution in [3.63, 3.8) is 0 Å². The van der Waals surface area contributed by atoms with Gasteiger partial charge in [-0.15, -0.1) is 0 Å². The molecule has 0 radical (unpaired) electrons. The van der Waals surface area contributed by atoms with E-state index in [2.05, 4.69) is 46.7 Å². The second kappa shape index (κ2) is 10.3. The molecule has 2 aromatic rings. The van der Waals surface area contributed by atoms with Gasteiger partial charge in [0.05, 0.1) is 27.4 Å². The van der Waals surface area contributed by atoms with E-state index in [1.165, 1.54) is 11.1 Å².